The van der Waals surface area contributed by atoms with Crippen LogP contribution < -0.4 is 4.74 Å². The van der Waals surface area contributed by atoms with Crippen molar-refractivity contribution in [2.45, 2.75) is 18.4 Å². The van der Waals surface area contributed by atoms with Crippen LogP contribution in [-0.2, 0) is 21.4 Å². The van der Waals surface area contributed by atoms with Gasteiger partial charge in [0.15, 0.2) is 0 Å². The lowest BCUT2D eigenvalue weighted by molar-refractivity contribution is -0.0584. The highest BCUT2D eigenvalue weighted by atomic mass is 32.2. The van der Waals surface area contributed by atoms with E-state index in [1.165, 1.54) is 35.7 Å². The largest absolute Gasteiger partial charge is 0.495 e. The lowest BCUT2D eigenvalue weighted by Crippen LogP contribution is -2.33. The number of amides is 2. The molecule has 0 radical (unpaired) electrons. The first-order valence-electron chi connectivity index (χ1n) is 10.7. The normalized spacial score (nSPS) is 13.2. The molecule has 10 heteroatoms. The van der Waals surface area contributed by atoms with E-state index in [2.05, 4.69) is 0 Å². The molecule has 0 saturated heterocycles. The van der Waals surface area contributed by atoms with Crippen LogP contribution in [0.2, 0.25) is 0 Å². The molecule has 1 heterocycles. The second kappa shape index (κ2) is 9.69. The fourth-order valence-electron chi connectivity index (χ4n) is 3.68. The number of hydroxylamine groups is 2. The molecule has 0 atom stereocenters. The summed E-state index contributed by atoms with van der Waals surface area (Å²) in [6.45, 7) is 1.99. The molecule has 1 aliphatic rings. The first kappa shape index (κ1) is 24.1. The first-order valence-corrected chi connectivity index (χ1v) is 12.1. The lowest BCUT2D eigenvalue weighted by Gasteiger charge is -2.22. The molecular weight excluding hydrogens is 472 g/mol. The third kappa shape index (κ3) is 4.53. The van der Waals surface area contributed by atoms with Crippen molar-refractivity contribution in [2.24, 2.45) is 0 Å². The maximum Gasteiger partial charge on any atom is 0.363 e. The first-order chi connectivity index (χ1) is 16.8. The molecule has 3 aromatic rings. The monoisotopic (exact) mass is 494 g/mol. The van der Waals surface area contributed by atoms with Gasteiger partial charge in [0.1, 0.15) is 10.6 Å². The molecule has 0 aliphatic carbocycles. The van der Waals surface area contributed by atoms with E-state index in [0.717, 1.165) is 11.6 Å². The third-order valence-electron chi connectivity index (χ3n) is 5.50. The van der Waals surface area contributed by atoms with Crippen LogP contribution in [0.5, 0.6) is 5.75 Å². The molecule has 0 aromatic heterocycles. The fraction of sp³-hybridized carbons (Fsp3) is 0.160. The number of rotatable bonds is 8. The van der Waals surface area contributed by atoms with Gasteiger partial charge in [-0.05, 0) is 35.9 Å². The number of imide groups is 1. The summed E-state index contributed by atoms with van der Waals surface area (Å²) >= 11 is 0. The Morgan fingerprint density at radius 3 is 2.09 bits per heavy atom. The number of ether oxygens (including phenoxy) is 1. The smallest absolute Gasteiger partial charge is 0.363 e. The Morgan fingerprint density at radius 1 is 0.914 bits per heavy atom. The van der Waals surface area contributed by atoms with Gasteiger partial charge in [-0.15, -0.1) is 0 Å². The predicted octanol–water partition coefficient (Wildman–Crippen LogP) is 3.27. The van der Waals surface area contributed by atoms with Crippen LogP contribution in [0, 0.1) is 0 Å². The summed E-state index contributed by atoms with van der Waals surface area (Å²) in [4.78, 5) is 42.7. The van der Waals surface area contributed by atoms with E-state index in [1.54, 1.807) is 19.1 Å². The van der Waals surface area contributed by atoms with Crippen LogP contribution >= 0.6 is 0 Å². The number of carbonyl (C=O) groups excluding carboxylic acids is 3. The van der Waals surface area contributed by atoms with Crippen LogP contribution in [0.4, 0.5) is 0 Å². The molecule has 9 nitrogen and oxygen atoms in total. The fourth-order valence-corrected chi connectivity index (χ4v) is 5.30. The van der Waals surface area contributed by atoms with E-state index in [-0.39, 0.29) is 40.4 Å². The van der Waals surface area contributed by atoms with Crippen molar-refractivity contribution < 1.29 is 32.4 Å². The van der Waals surface area contributed by atoms with Crippen molar-refractivity contribution in [1.29, 1.82) is 0 Å². The Bertz CT molecular complexity index is 1370. The van der Waals surface area contributed by atoms with Crippen molar-refractivity contribution >= 4 is 27.8 Å². The number of sulfonamides is 1. The van der Waals surface area contributed by atoms with Crippen molar-refractivity contribution in [1.82, 2.24) is 9.37 Å². The van der Waals surface area contributed by atoms with E-state index >= 15 is 0 Å². The molecule has 2 amide bonds. The summed E-state index contributed by atoms with van der Waals surface area (Å²) in [6.07, 6.45) is 0. The van der Waals surface area contributed by atoms with Crippen LogP contribution in [0.3, 0.4) is 0 Å². The van der Waals surface area contributed by atoms with Gasteiger partial charge in [0.2, 0.25) is 10.0 Å². The second-order valence-corrected chi connectivity index (χ2v) is 9.52. The number of benzene rings is 3. The molecule has 35 heavy (non-hydrogen) atoms. The Kier molecular flexibility index (Phi) is 6.68. The molecule has 4 rings (SSSR count). The quantitative estimate of drug-likeness (QED) is 0.442. The van der Waals surface area contributed by atoms with Crippen molar-refractivity contribution in [2.75, 3.05) is 13.7 Å². The molecule has 3 aromatic carbocycles. The summed E-state index contributed by atoms with van der Waals surface area (Å²) in [5.41, 5.74) is 0.848. The van der Waals surface area contributed by atoms with E-state index in [1.807, 2.05) is 30.3 Å². The Hall–Kier alpha value is -4.02. The van der Waals surface area contributed by atoms with Gasteiger partial charge in [0.25, 0.3) is 11.8 Å². The van der Waals surface area contributed by atoms with Gasteiger partial charge in [-0.2, -0.15) is 4.31 Å². The highest BCUT2D eigenvalue weighted by Crippen LogP contribution is 2.30. The van der Waals surface area contributed by atoms with Gasteiger partial charge >= 0.3 is 5.97 Å². The Labute approximate surface area is 202 Å². The summed E-state index contributed by atoms with van der Waals surface area (Å²) in [5.74, 6) is -2.58. The Morgan fingerprint density at radius 2 is 1.51 bits per heavy atom. The van der Waals surface area contributed by atoms with Crippen LogP contribution in [0.1, 0.15) is 43.6 Å². The standard InChI is InChI=1S/C25H22N2O7S/c1-3-26(16-17-9-5-4-6-10-17)35(31,32)22-15-18(13-14-21(22)33-2)25(30)34-27-23(28)19-11-7-8-12-20(19)24(27)29/h4-15H,3,16H2,1-2H3. The second-order valence-electron chi connectivity index (χ2n) is 7.61. The van der Waals surface area contributed by atoms with E-state index < -0.39 is 27.8 Å². The number of fused-ring (bicyclic) bond motifs is 1. The molecular formula is C25H22N2O7S. The number of nitrogens with zero attached hydrogens (tertiary/aromatic N) is 2. The number of carbonyl (C=O) groups is 3. The number of hydrogen-bond donors (Lipinski definition) is 0. The van der Waals surface area contributed by atoms with Crippen molar-refractivity contribution in [3.8, 4) is 5.75 Å². The number of hydrogen-bond acceptors (Lipinski definition) is 7. The minimum absolute atomic E-state index is 0.0359. The maximum atomic E-state index is 13.5. The summed E-state index contributed by atoms with van der Waals surface area (Å²) in [6, 6.07) is 18.9. The number of methoxy groups -OCH3 is 1. The topological polar surface area (TPSA) is 110 Å². The van der Waals surface area contributed by atoms with E-state index in [9.17, 15) is 22.8 Å². The van der Waals surface area contributed by atoms with E-state index in [0.29, 0.717) is 5.06 Å². The minimum Gasteiger partial charge on any atom is -0.495 e. The zero-order valence-electron chi connectivity index (χ0n) is 19.0. The van der Waals surface area contributed by atoms with Gasteiger partial charge in [0, 0.05) is 13.1 Å². The molecule has 0 N–H and O–H groups in total. The average Bonchev–Trinajstić information content (AvgIpc) is 3.12. The molecule has 0 bridgehead atoms. The van der Waals surface area contributed by atoms with Crippen LogP contribution in [-0.4, -0.2) is 49.2 Å². The zero-order chi connectivity index (χ0) is 25.2. The zero-order valence-corrected chi connectivity index (χ0v) is 19.8. The highest BCUT2D eigenvalue weighted by Gasteiger charge is 2.39. The van der Waals surface area contributed by atoms with E-state index in [4.69, 9.17) is 9.57 Å². The van der Waals surface area contributed by atoms with Gasteiger partial charge in [-0.3, -0.25) is 9.59 Å². The third-order valence-corrected chi connectivity index (χ3v) is 7.44. The van der Waals surface area contributed by atoms with Gasteiger partial charge < -0.3 is 9.57 Å². The summed E-state index contributed by atoms with van der Waals surface area (Å²) in [5, 5.41) is 0.374. The van der Waals surface area contributed by atoms with Crippen LogP contribution in [0.25, 0.3) is 0 Å². The molecule has 0 spiro atoms. The predicted molar refractivity (Wildman–Crippen MR) is 125 cm³/mol. The molecule has 0 unspecified atom stereocenters. The average molecular weight is 495 g/mol. The molecule has 1 aliphatic heterocycles. The Balaban J connectivity index is 1.63. The van der Waals surface area contributed by atoms with Crippen molar-refractivity contribution in [3.05, 3.63) is 95.1 Å². The molecule has 180 valence electrons. The van der Waals surface area contributed by atoms with Gasteiger partial charge in [0.05, 0.1) is 23.8 Å². The van der Waals surface area contributed by atoms with Crippen LogP contribution in [0.15, 0.2) is 77.7 Å². The highest BCUT2D eigenvalue weighted by molar-refractivity contribution is 7.89. The van der Waals surface area contributed by atoms with Gasteiger partial charge in [-0.25, -0.2) is 13.2 Å². The SMILES string of the molecule is CCN(Cc1ccccc1)S(=O)(=O)c1cc(C(=O)ON2C(=O)c3ccccc3C2=O)ccc1OC. The molecule has 0 fully saturated rings. The minimum atomic E-state index is -4.09. The summed E-state index contributed by atoms with van der Waals surface area (Å²) < 4.78 is 33.5. The molecule has 0 saturated carbocycles. The van der Waals surface area contributed by atoms with Crippen molar-refractivity contribution in [3.63, 3.8) is 0 Å². The van der Waals surface area contributed by atoms with Gasteiger partial charge in [-0.1, -0.05) is 54.5 Å². The summed E-state index contributed by atoms with van der Waals surface area (Å²) in [7, 11) is -2.77. The maximum absolute atomic E-state index is 13.5. The lowest BCUT2D eigenvalue weighted by atomic mass is 10.1.